The van der Waals surface area contributed by atoms with Gasteiger partial charge in [-0.1, -0.05) is 30.3 Å². The Hall–Kier alpha value is -2.14. The van der Waals surface area contributed by atoms with Crippen LogP contribution in [-0.2, 0) is 22.4 Å². The Balaban J connectivity index is 1.48. The van der Waals surface area contributed by atoms with E-state index >= 15 is 0 Å². The predicted octanol–water partition coefficient (Wildman–Crippen LogP) is 3.23. The third-order valence-electron chi connectivity index (χ3n) is 6.25. The van der Waals surface area contributed by atoms with Crippen LogP contribution in [0.4, 0.5) is 0 Å². The lowest BCUT2D eigenvalue weighted by Crippen LogP contribution is -2.38. The molecule has 2 amide bonds. The van der Waals surface area contributed by atoms with Gasteiger partial charge in [-0.3, -0.25) is 9.59 Å². The van der Waals surface area contributed by atoms with Gasteiger partial charge in [0.05, 0.1) is 6.42 Å². The van der Waals surface area contributed by atoms with Gasteiger partial charge in [-0.2, -0.15) is 11.3 Å². The molecule has 2 aliphatic heterocycles. The maximum absolute atomic E-state index is 12.8. The van der Waals surface area contributed by atoms with Crippen LogP contribution in [0.3, 0.4) is 0 Å². The minimum absolute atomic E-state index is 0.0335. The summed E-state index contributed by atoms with van der Waals surface area (Å²) in [6.07, 6.45) is 2.50. The first kappa shape index (κ1) is 18.2. The summed E-state index contributed by atoms with van der Waals surface area (Å²) in [7, 11) is 0. The molecule has 5 heteroatoms. The van der Waals surface area contributed by atoms with Gasteiger partial charge in [0.1, 0.15) is 0 Å². The van der Waals surface area contributed by atoms with Gasteiger partial charge >= 0.3 is 0 Å². The molecule has 0 aliphatic carbocycles. The Morgan fingerprint density at radius 3 is 2.52 bits per heavy atom. The smallest absolute Gasteiger partial charge is 0.227 e. The fourth-order valence-electron chi connectivity index (χ4n) is 4.68. The third kappa shape index (κ3) is 3.79. The van der Waals surface area contributed by atoms with Crippen LogP contribution >= 0.6 is 11.3 Å². The van der Waals surface area contributed by atoms with E-state index in [2.05, 4.69) is 29.6 Å². The van der Waals surface area contributed by atoms with E-state index in [9.17, 15) is 9.59 Å². The minimum Gasteiger partial charge on any atom is -0.342 e. The van der Waals surface area contributed by atoms with E-state index < -0.39 is 0 Å². The van der Waals surface area contributed by atoms with Crippen molar-refractivity contribution in [1.29, 1.82) is 0 Å². The number of aryl methyl sites for hydroxylation is 1. The van der Waals surface area contributed by atoms with Crippen molar-refractivity contribution in [2.75, 3.05) is 26.2 Å². The molecule has 142 valence electrons. The summed E-state index contributed by atoms with van der Waals surface area (Å²) >= 11 is 1.63. The van der Waals surface area contributed by atoms with E-state index in [1.54, 1.807) is 18.3 Å². The summed E-state index contributed by atoms with van der Waals surface area (Å²) in [6, 6.07) is 12.6. The summed E-state index contributed by atoms with van der Waals surface area (Å²) in [5.41, 5.74) is 2.46. The van der Waals surface area contributed by atoms with Crippen LogP contribution in [0.25, 0.3) is 0 Å². The van der Waals surface area contributed by atoms with Gasteiger partial charge in [0.15, 0.2) is 0 Å². The predicted molar refractivity (Wildman–Crippen MR) is 108 cm³/mol. The highest BCUT2D eigenvalue weighted by molar-refractivity contribution is 7.08. The molecule has 2 aromatic rings. The van der Waals surface area contributed by atoms with Gasteiger partial charge in [0.25, 0.3) is 0 Å². The largest absolute Gasteiger partial charge is 0.342 e. The van der Waals surface area contributed by atoms with Crippen molar-refractivity contribution in [2.24, 2.45) is 11.3 Å². The van der Waals surface area contributed by atoms with Crippen molar-refractivity contribution in [3.63, 3.8) is 0 Å². The number of hydrogen-bond donors (Lipinski definition) is 0. The van der Waals surface area contributed by atoms with Gasteiger partial charge < -0.3 is 9.80 Å². The first-order valence-corrected chi connectivity index (χ1v) is 10.6. The molecule has 2 atom stereocenters. The summed E-state index contributed by atoms with van der Waals surface area (Å²) in [4.78, 5) is 28.8. The lowest BCUT2D eigenvalue weighted by Gasteiger charge is -2.29. The number of nitrogens with zero attached hydrogens (tertiary/aromatic N) is 2. The number of fused-ring (bicyclic) bond motifs is 1. The van der Waals surface area contributed by atoms with Crippen LogP contribution in [0.15, 0.2) is 47.2 Å². The van der Waals surface area contributed by atoms with Crippen molar-refractivity contribution in [2.45, 2.75) is 26.2 Å². The second-order valence-corrected chi connectivity index (χ2v) is 8.81. The average molecular weight is 383 g/mol. The third-order valence-corrected chi connectivity index (χ3v) is 6.98. The molecule has 0 N–H and O–H groups in total. The van der Waals surface area contributed by atoms with Gasteiger partial charge in [0.2, 0.25) is 11.8 Å². The Kier molecular flexibility index (Phi) is 5.04. The Labute approximate surface area is 164 Å². The molecule has 0 bridgehead atoms. The van der Waals surface area contributed by atoms with Crippen molar-refractivity contribution < 1.29 is 9.59 Å². The van der Waals surface area contributed by atoms with Crippen molar-refractivity contribution >= 4 is 23.2 Å². The van der Waals surface area contributed by atoms with Crippen molar-refractivity contribution in [3.8, 4) is 0 Å². The Bertz CT molecular complexity index is 805. The number of rotatable bonds is 5. The van der Waals surface area contributed by atoms with Gasteiger partial charge in [0, 0.05) is 44.4 Å². The standard InChI is InChI=1S/C22H26N2O2S/c1-17(25)23-12-20-13-24(21(26)11-19-8-10-27-14-19)16-22(20,15-23)9-7-18-5-3-2-4-6-18/h2-6,8,10,14,20H,7,9,11-13,15-16H2,1H3. The van der Waals surface area contributed by atoms with Crippen LogP contribution in [0.5, 0.6) is 0 Å². The number of benzene rings is 1. The summed E-state index contributed by atoms with van der Waals surface area (Å²) < 4.78 is 0. The monoisotopic (exact) mass is 382 g/mol. The molecule has 4 rings (SSSR count). The Morgan fingerprint density at radius 1 is 1.07 bits per heavy atom. The van der Waals surface area contributed by atoms with Gasteiger partial charge in [-0.05, 0) is 40.8 Å². The molecule has 2 saturated heterocycles. The van der Waals surface area contributed by atoms with E-state index in [1.165, 1.54) is 5.56 Å². The lowest BCUT2D eigenvalue weighted by molar-refractivity contribution is -0.130. The number of amides is 2. The van der Waals surface area contributed by atoms with E-state index in [0.29, 0.717) is 12.3 Å². The summed E-state index contributed by atoms with van der Waals surface area (Å²) in [6.45, 7) is 4.78. The van der Waals surface area contributed by atoms with Crippen LogP contribution < -0.4 is 0 Å². The number of carbonyl (C=O) groups is 2. The lowest BCUT2D eigenvalue weighted by atomic mass is 9.76. The highest BCUT2D eigenvalue weighted by atomic mass is 32.1. The highest BCUT2D eigenvalue weighted by Gasteiger charge is 2.53. The van der Waals surface area contributed by atoms with E-state index in [-0.39, 0.29) is 17.2 Å². The summed E-state index contributed by atoms with van der Waals surface area (Å²) in [5.74, 6) is 0.757. The first-order valence-electron chi connectivity index (χ1n) is 9.64. The molecule has 2 unspecified atom stereocenters. The van der Waals surface area contributed by atoms with Crippen LogP contribution in [0.2, 0.25) is 0 Å². The van der Waals surface area contributed by atoms with Crippen LogP contribution in [-0.4, -0.2) is 47.8 Å². The molecule has 1 aromatic heterocycles. The maximum atomic E-state index is 12.8. The normalized spacial score (nSPS) is 24.3. The fourth-order valence-corrected chi connectivity index (χ4v) is 5.35. The average Bonchev–Trinajstić information content (AvgIpc) is 3.35. The van der Waals surface area contributed by atoms with Crippen LogP contribution in [0, 0.1) is 11.3 Å². The molecule has 3 heterocycles. The summed E-state index contributed by atoms with van der Waals surface area (Å²) in [5, 5.41) is 4.07. The molecule has 0 saturated carbocycles. The number of carbonyl (C=O) groups excluding carboxylic acids is 2. The zero-order valence-corrected chi connectivity index (χ0v) is 16.6. The topological polar surface area (TPSA) is 40.6 Å². The molecule has 2 fully saturated rings. The molecular weight excluding hydrogens is 356 g/mol. The zero-order valence-electron chi connectivity index (χ0n) is 15.8. The van der Waals surface area contributed by atoms with Crippen molar-refractivity contribution in [1.82, 2.24) is 9.80 Å². The number of thiophene rings is 1. The van der Waals surface area contributed by atoms with Crippen LogP contribution in [0.1, 0.15) is 24.5 Å². The fraction of sp³-hybridized carbons (Fsp3) is 0.455. The second-order valence-electron chi connectivity index (χ2n) is 8.03. The molecule has 2 aliphatic rings. The SMILES string of the molecule is CC(=O)N1CC2CN(C(=O)Cc3ccsc3)CC2(CCc2ccccc2)C1. The van der Waals surface area contributed by atoms with E-state index in [0.717, 1.165) is 44.6 Å². The molecular formula is C22H26N2O2S. The first-order chi connectivity index (χ1) is 13.1. The molecule has 4 nitrogen and oxygen atoms in total. The number of likely N-dealkylation sites (tertiary alicyclic amines) is 2. The zero-order chi connectivity index (χ0) is 18.9. The van der Waals surface area contributed by atoms with Gasteiger partial charge in [-0.15, -0.1) is 0 Å². The van der Waals surface area contributed by atoms with E-state index in [1.807, 2.05) is 27.3 Å². The molecule has 0 radical (unpaired) electrons. The maximum Gasteiger partial charge on any atom is 0.227 e. The minimum atomic E-state index is 0.0335. The highest BCUT2D eigenvalue weighted by Crippen LogP contribution is 2.46. The van der Waals surface area contributed by atoms with E-state index in [4.69, 9.17) is 0 Å². The second kappa shape index (κ2) is 7.47. The quantitative estimate of drug-likeness (QED) is 0.797. The van der Waals surface area contributed by atoms with Gasteiger partial charge in [-0.25, -0.2) is 0 Å². The molecule has 0 spiro atoms. The Morgan fingerprint density at radius 2 is 1.81 bits per heavy atom. The van der Waals surface area contributed by atoms with Crippen molar-refractivity contribution in [3.05, 3.63) is 58.3 Å². The number of hydrogen-bond acceptors (Lipinski definition) is 3. The molecule has 1 aromatic carbocycles. The molecule has 27 heavy (non-hydrogen) atoms.